The average molecular weight is 526 g/mol. The second-order valence-corrected chi connectivity index (χ2v) is 11.5. The van der Waals surface area contributed by atoms with E-state index >= 15 is 0 Å². The molecule has 7 heteroatoms. The van der Waals surface area contributed by atoms with Gasteiger partial charge in [-0.15, -0.1) is 0 Å². The van der Waals surface area contributed by atoms with Crippen LogP contribution in [-0.2, 0) is 23.2 Å². The molecule has 2 aromatic carbocycles. The maximum atomic E-state index is 13.0. The topological polar surface area (TPSA) is 94.2 Å². The Morgan fingerprint density at radius 3 is 2.15 bits per heavy atom. The van der Waals surface area contributed by atoms with Gasteiger partial charge in [-0.2, -0.15) is 0 Å². The second kappa shape index (κ2) is 11.2. The van der Waals surface area contributed by atoms with Gasteiger partial charge in [0.1, 0.15) is 18.0 Å². The Morgan fingerprint density at radius 1 is 0.872 bits per heavy atom. The average Bonchev–Trinajstić information content (AvgIpc) is 2.87. The van der Waals surface area contributed by atoms with Crippen LogP contribution >= 0.6 is 0 Å². The van der Waals surface area contributed by atoms with Crippen molar-refractivity contribution in [1.29, 1.82) is 0 Å². The van der Waals surface area contributed by atoms with Gasteiger partial charge in [-0.1, -0.05) is 81.4 Å². The molecule has 0 unspecified atom stereocenters. The Bertz CT molecular complexity index is 1480. The van der Waals surface area contributed by atoms with Gasteiger partial charge in [0.25, 0.3) is 5.56 Å². The number of esters is 1. The molecule has 4 rings (SSSR count). The third-order valence-electron chi connectivity index (χ3n) is 5.99. The Balaban J connectivity index is 1.58. The maximum absolute atomic E-state index is 13.0. The number of carbonyl (C=O) groups excluding carboxylic acids is 1. The molecule has 0 amide bonds. The molecule has 0 spiro atoms. The predicted molar refractivity (Wildman–Crippen MR) is 152 cm³/mol. The number of carbonyl (C=O) groups is 1. The van der Waals surface area contributed by atoms with Crippen LogP contribution < -0.4 is 10.3 Å². The van der Waals surface area contributed by atoms with Crippen molar-refractivity contribution in [2.24, 2.45) is 0 Å². The van der Waals surface area contributed by atoms with Crippen molar-refractivity contribution in [3.63, 3.8) is 0 Å². The van der Waals surface area contributed by atoms with Crippen LogP contribution in [0.2, 0.25) is 0 Å². The summed E-state index contributed by atoms with van der Waals surface area (Å²) in [6.45, 7) is 11.9. The molecule has 2 aromatic heterocycles. The smallest absolute Gasteiger partial charge is 0.361 e. The lowest BCUT2D eigenvalue weighted by Gasteiger charge is -2.20. The molecule has 0 bridgehead atoms. The van der Waals surface area contributed by atoms with Crippen molar-refractivity contribution >= 4 is 5.97 Å². The van der Waals surface area contributed by atoms with Crippen LogP contribution in [0, 0.1) is 0 Å². The third-order valence-corrected chi connectivity index (χ3v) is 5.99. The molecule has 202 valence electrons. The first-order valence-electron chi connectivity index (χ1n) is 13.0. The molecular formula is C32H35N3O4. The van der Waals surface area contributed by atoms with Crippen molar-refractivity contribution in [3.8, 4) is 17.0 Å². The SMILES string of the molecule is CC(C)(C)OC(=O)c1nc(Cc2ccc(-c3ccc(C(C)(C)C)cc3)nc2)[nH]c(=O)c1OCc1ccccc1. The number of rotatable bonds is 7. The van der Waals surface area contributed by atoms with E-state index in [1.165, 1.54) is 5.56 Å². The highest BCUT2D eigenvalue weighted by atomic mass is 16.6. The minimum atomic E-state index is -0.761. The zero-order valence-electron chi connectivity index (χ0n) is 23.4. The van der Waals surface area contributed by atoms with Crippen LogP contribution in [0.1, 0.15) is 74.5 Å². The van der Waals surface area contributed by atoms with E-state index in [2.05, 4.69) is 60.0 Å². The molecule has 2 heterocycles. The quantitative estimate of drug-likeness (QED) is 0.287. The zero-order chi connectivity index (χ0) is 28.2. The van der Waals surface area contributed by atoms with Gasteiger partial charge in [0.15, 0.2) is 5.69 Å². The summed E-state index contributed by atoms with van der Waals surface area (Å²) in [5.41, 5.74) is 3.45. The number of hydrogen-bond acceptors (Lipinski definition) is 6. The Kier molecular flexibility index (Phi) is 8.00. The first kappa shape index (κ1) is 27.8. The summed E-state index contributed by atoms with van der Waals surface area (Å²) in [7, 11) is 0. The molecule has 0 aliphatic rings. The van der Waals surface area contributed by atoms with Crippen molar-refractivity contribution in [2.75, 3.05) is 0 Å². The number of benzene rings is 2. The zero-order valence-corrected chi connectivity index (χ0v) is 23.4. The molecule has 0 saturated heterocycles. The van der Waals surface area contributed by atoms with Crippen LogP contribution in [-0.4, -0.2) is 26.5 Å². The minimum Gasteiger partial charge on any atom is -0.481 e. The van der Waals surface area contributed by atoms with Crippen LogP contribution in [0.3, 0.4) is 0 Å². The van der Waals surface area contributed by atoms with E-state index in [9.17, 15) is 9.59 Å². The second-order valence-electron chi connectivity index (χ2n) is 11.5. The molecule has 7 nitrogen and oxygen atoms in total. The number of ether oxygens (including phenoxy) is 2. The molecular weight excluding hydrogens is 490 g/mol. The van der Waals surface area contributed by atoms with E-state index in [-0.39, 0.29) is 29.9 Å². The lowest BCUT2D eigenvalue weighted by Crippen LogP contribution is -2.28. The van der Waals surface area contributed by atoms with Gasteiger partial charge >= 0.3 is 5.97 Å². The Morgan fingerprint density at radius 2 is 1.56 bits per heavy atom. The van der Waals surface area contributed by atoms with Gasteiger partial charge in [0.2, 0.25) is 5.75 Å². The molecule has 0 aliphatic heterocycles. The molecule has 0 atom stereocenters. The van der Waals surface area contributed by atoms with E-state index in [0.29, 0.717) is 5.82 Å². The fraction of sp³-hybridized carbons (Fsp3) is 0.312. The number of aromatic amines is 1. The molecule has 0 radical (unpaired) electrons. The van der Waals surface area contributed by atoms with Crippen LogP contribution in [0.4, 0.5) is 0 Å². The molecule has 39 heavy (non-hydrogen) atoms. The fourth-order valence-corrected chi connectivity index (χ4v) is 3.96. The van der Waals surface area contributed by atoms with Crippen molar-refractivity contribution in [1.82, 2.24) is 15.0 Å². The number of nitrogens with one attached hydrogen (secondary N) is 1. The van der Waals surface area contributed by atoms with Gasteiger partial charge in [-0.25, -0.2) is 9.78 Å². The third kappa shape index (κ3) is 7.41. The Hall–Kier alpha value is -4.26. The van der Waals surface area contributed by atoms with Crippen molar-refractivity contribution < 1.29 is 14.3 Å². The summed E-state index contributed by atoms with van der Waals surface area (Å²) in [4.78, 5) is 37.9. The summed E-state index contributed by atoms with van der Waals surface area (Å²) in [6, 6.07) is 21.7. The highest BCUT2D eigenvalue weighted by molar-refractivity contribution is 5.90. The van der Waals surface area contributed by atoms with E-state index < -0.39 is 17.1 Å². The van der Waals surface area contributed by atoms with Crippen LogP contribution in [0.15, 0.2) is 77.7 Å². The van der Waals surface area contributed by atoms with E-state index in [0.717, 1.165) is 22.4 Å². The van der Waals surface area contributed by atoms with E-state index in [1.54, 1.807) is 27.0 Å². The lowest BCUT2D eigenvalue weighted by molar-refractivity contribution is 0.00572. The minimum absolute atomic E-state index is 0.0834. The number of hydrogen-bond donors (Lipinski definition) is 1. The maximum Gasteiger partial charge on any atom is 0.361 e. The highest BCUT2D eigenvalue weighted by Crippen LogP contribution is 2.26. The predicted octanol–water partition coefficient (Wildman–Crippen LogP) is 6.25. The van der Waals surface area contributed by atoms with Gasteiger partial charge in [-0.05, 0) is 48.9 Å². The summed E-state index contributed by atoms with van der Waals surface area (Å²) in [6.07, 6.45) is 2.03. The summed E-state index contributed by atoms with van der Waals surface area (Å²) in [5, 5.41) is 0. The molecule has 0 saturated carbocycles. The van der Waals surface area contributed by atoms with Crippen molar-refractivity contribution in [3.05, 3.63) is 111 Å². The first-order chi connectivity index (χ1) is 18.4. The number of H-pyrrole nitrogens is 1. The fourth-order valence-electron chi connectivity index (χ4n) is 3.96. The molecule has 4 aromatic rings. The normalized spacial score (nSPS) is 11.7. The first-order valence-corrected chi connectivity index (χ1v) is 13.0. The number of aromatic nitrogens is 3. The largest absolute Gasteiger partial charge is 0.481 e. The number of nitrogens with zero attached hydrogens (tertiary/aromatic N) is 2. The summed E-state index contributed by atoms with van der Waals surface area (Å²) in [5.74, 6) is -0.564. The van der Waals surface area contributed by atoms with Crippen molar-refractivity contribution in [2.45, 2.75) is 65.6 Å². The van der Waals surface area contributed by atoms with Crippen LogP contribution in [0.25, 0.3) is 11.3 Å². The monoisotopic (exact) mass is 525 g/mol. The standard InChI is InChI=1S/C32H35N3O4/c1-31(2,3)24-15-13-23(14-16-24)25-17-12-22(19-33-25)18-26-34-27(30(37)39-32(4,5)6)28(29(36)35-26)38-20-21-10-8-7-9-11-21/h7-17,19H,18,20H2,1-6H3,(H,34,35,36). The lowest BCUT2D eigenvalue weighted by atomic mass is 9.86. The van der Waals surface area contributed by atoms with Gasteiger partial charge in [0, 0.05) is 18.2 Å². The molecule has 1 N–H and O–H groups in total. The highest BCUT2D eigenvalue weighted by Gasteiger charge is 2.26. The molecule has 0 fully saturated rings. The number of pyridine rings is 1. The molecule has 0 aliphatic carbocycles. The Labute approximate surface area is 229 Å². The van der Waals surface area contributed by atoms with Gasteiger partial charge in [-0.3, -0.25) is 9.78 Å². The summed E-state index contributed by atoms with van der Waals surface area (Å²) < 4.78 is 11.3. The summed E-state index contributed by atoms with van der Waals surface area (Å²) >= 11 is 0. The van der Waals surface area contributed by atoms with Crippen LogP contribution in [0.5, 0.6) is 5.75 Å². The van der Waals surface area contributed by atoms with Gasteiger partial charge in [0.05, 0.1) is 5.69 Å². The van der Waals surface area contributed by atoms with E-state index in [1.807, 2.05) is 42.5 Å². The van der Waals surface area contributed by atoms with E-state index in [4.69, 9.17) is 9.47 Å². The van der Waals surface area contributed by atoms with Gasteiger partial charge < -0.3 is 14.5 Å².